The molecule has 0 radical (unpaired) electrons. The minimum Gasteiger partial charge on any atom is -0.465 e. The lowest BCUT2D eigenvalue weighted by Crippen LogP contribution is -2.03. The number of benzene rings is 2. The van der Waals surface area contributed by atoms with E-state index in [0.717, 1.165) is 27.9 Å². The van der Waals surface area contributed by atoms with E-state index in [1.54, 1.807) is 41.0 Å². The highest BCUT2D eigenvalue weighted by Gasteiger charge is 2.18. The molecule has 0 aliphatic rings. The number of fused-ring (bicyclic) bond motifs is 1. The Balaban J connectivity index is 1.96. The molecule has 0 aliphatic carbocycles. The molecule has 0 aliphatic heterocycles. The van der Waals surface area contributed by atoms with Gasteiger partial charge in [-0.3, -0.25) is 0 Å². The Morgan fingerprint density at radius 1 is 0.931 bits per heavy atom. The van der Waals surface area contributed by atoms with Gasteiger partial charge in [-0.1, -0.05) is 42.5 Å². The molecule has 0 atom stereocenters. The molecule has 4 aromatic rings. The van der Waals surface area contributed by atoms with Gasteiger partial charge < -0.3 is 4.74 Å². The number of nitrogens with zero attached hydrogens (tertiary/aromatic N) is 2. The van der Waals surface area contributed by atoms with Crippen LogP contribution in [0.15, 0.2) is 77.8 Å². The summed E-state index contributed by atoms with van der Waals surface area (Å²) < 4.78 is 30.0. The van der Waals surface area contributed by atoms with E-state index >= 15 is 0 Å². The lowest BCUT2D eigenvalue weighted by Gasteiger charge is -2.06. The van der Waals surface area contributed by atoms with Gasteiger partial charge >= 0.3 is 5.97 Å². The molecule has 0 N–H and O–H groups in total. The molecular formula is C22H18N2O4S. The molecular weight excluding hydrogens is 388 g/mol. The standard InChI is InChI=1S/C22H18N2O4S/c1-28-22(25)17-10-13-19-20(15-8-11-18(12-9-15)29(2,26)27)21(23-24(19)14-17)16-6-4-3-5-7-16/h3-14H,1-2H3. The van der Waals surface area contributed by atoms with Crippen molar-refractivity contribution in [1.82, 2.24) is 9.61 Å². The van der Waals surface area contributed by atoms with Crippen LogP contribution in [-0.4, -0.2) is 37.4 Å². The summed E-state index contributed by atoms with van der Waals surface area (Å²) in [7, 11) is -1.95. The molecule has 2 heterocycles. The van der Waals surface area contributed by atoms with Crippen molar-refractivity contribution in [3.05, 3.63) is 78.5 Å². The Morgan fingerprint density at radius 2 is 1.62 bits per heavy atom. The largest absolute Gasteiger partial charge is 0.465 e. The number of hydrogen-bond donors (Lipinski definition) is 0. The van der Waals surface area contributed by atoms with Gasteiger partial charge in [0.05, 0.1) is 23.1 Å². The average molecular weight is 406 g/mol. The number of esters is 1. The summed E-state index contributed by atoms with van der Waals surface area (Å²) in [6.45, 7) is 0. The van der Waals surface area contributed by atoms with Crippen LogP contribution in [0.5, 0.6) is 0 Å². The topological polar surface area (TPSA) is 77.7 Å². The van der Waals surface area contributed by atoms with Crippen molar-refractivity contribution in [2.45, 2.75) is 4.90 Å². The Morgan fingerprint density at radius 3 is 2.24 bits per heavy atom. The van der Waals surface area contributed by atoms with Gasteiger partial charge in [0.2, 0.25) is 0 Å². The fourth-order valence-electron chi connectivity index (χ4n) is 3.24. The fourth-order valence-corrected chi connectivity index (χ4v) is 3.87. The summed E-state index contributed by atoms with van der Waals surface area (Å²) in [6.07, 6.45) is 2.81. The van der Waals surface area contributed by atoms with Crippen LogP contribution in [0.2, 0.25) is 0 Å². The highest BCUT2D eigenvalue weighted by atomic mass is 32.2. The van der Waals surface area contributed by atoms with Crippen LogP contribution < -0.4 is 0 Å². The smallest absolute Gasteiger partial charge is 0.339 e. The second-order valence-electron chi connectivity index (χ2n) is 6.63. The number of ether oxygens (including phenoxy) is 1. The van der Waals surface area contributed by atoms with Crippen molar-refractivity contribution < 1.29 is 17.9 Å². The quantitative estimate of drug-likeness (QED) is 0.481. The molecule has 0 spiro atoms. The summed E-state index contributed by atoms with van der Waals surface area (Å²) in [6, 6.07) is 19.9. The van der Waals surface area contributed by atoms with E-state index in [2.05, 4.69) is 0 Å². The van der Waals surface area contributed by atoms with Crippen LogP contribution >= 0.6 is 0 Å². The van der Waals surface area contributed by atoms with Crippen molar-refractivity contribution in [2.24, 2.45) is 0 Å². The Hall–Kier alpha value is -3.45. The maximum Gasteiger partial charge on any atom is 0.339 e. The summed E-state index contributed by atoms with van der Waals surface area (Å²) in [5.41, 5.74) is 4.52. The first-order valence-corrected chi connectivity index (χ1v) is 10.7. The average Bonchev–Trinajstić information content (AvgIpc) is 3.12. The molecule has 0 unspecified atom stereocenters. The number of methoxy groups -OCH3 is 1. The third-order valence-corrected chi connectivity index (χ3v) is 5.80. The van der Waals surface area contributed by atoms with E-state index in [0.29, 0.717) is 5.56 Å². The lowest BCUT2D eigenvalue weighted by atomic mass is 10.00. The highest BCUT2D eigenvalue weighted by Crippen LogP contribution is 2.35. The van der Waals surface area contributed by atoms with Crippen LogP contribution in [0.1, 0.15) is 10.4 Å². The van der Waals surface area contributed by atoms with Gasteiger partial charge in [0, 0.05) is 23.6 Å². The highest BCUT2D eigenvalue weighted by molar-refractivity contribution is 7.90. The molecule has 6 nitrogen and oxygen atoms in total. The number of rotatable bonds is 4. The summed E-state index contributed by atoms with van der Waals surface area (Å²) in [4.78, 5) is 12.2. The second-order valence-corrected chi connectivity index (χ2v) is 8.64. The predicted molar refractivity (Wildman–Crippen MR) is 111 cm³/mol. The SMILES string of the molecule is COC(=O)c1ccc2c(-c3ccc(S(C)(=O)=O)cc3)c(-c3ccccc3)nn2c1. The van der Waals surface area contributed by atoms with Crippen molar-refractivity contribution in [3.63, 3.8) is 0 Å². The van der Waals surface area contributed by atoms with Gasteiger partial charge in [-0.2, -0.15) is 5.10 Å². The van der Waals surface area contributed by atoms with Crippen LogP contribution in [0, 0.1) is 0 Å². The number of carbonyl (C=O) groups excluding carboxylic acids is 1. The summed E-state index contributed by atoms with van der Waals surface area (Å²) in [5.74, 6) is -0.442. The fraction of sp³-hybridized carbons (Fsp3) is 0.0909. The van der Waals surface area contributed by atoms with E-state index in [-0.39, 0.29) is 4.90 Å². The third kappa shape index (κ3) is 3.52. The normalized spacial score (nSPS) is 11.5. The van der Waals surface area contributed by atoms with E-state index in [9.17, 15) is 13.2 Å². The van der Waals surface area contributed by atoms with Gasteiger partial charge in [0.15, 0.2) is 9.84 Å². The number of carbonyl (C=O) groups is 1. The Labute approximate surface area is 168 Å². The molecule has 4 rings (SSSR count). The van der Waals surface area contributed by atoms with Crippen LogP contribution in [0.4, 0.5) is 0 Å². The van der Waals surface area contributed by atoms with E-state index in [1.165, 1.54) is 13.4 Å². The minimum atomic E-state index is -3.28. The molecule has 2 aromatic carbocycles. The minimum absolute atomic E-state index is 0.256. The molecule has 7 heteroatoms. The molecule has 2 aromatic heterocycles. The monoisotopic (exact) mass is 406 g/mol. The van der Waals surface area contributed by atoms with Crippen molar-refractivity contribution in [1.29, 1.82) is 0 Å². The van der Waals surface area contributed by atoms with Gasteiger partial charge in [-0.15, -0.1) is 0 Å². The molecule has 0 bridgehead atoms. The van der Waals surface area contributed by atoms with Crippen LogP contribution in [0.3, 0.4) is 0 Å². The lowest BCUT2D eigenvalue weighted by molar-refractivity contribution is 0.0600. The van der Waals surface area contributed by atoms with Gasteiger partial charge in [0.25, 0.3) is 0 Å². The van der Waals surface area contributed by atoms with Crippen molar-refractivity contribution >= 4 is 21.3 Å². The zero-order valence-corrected chi connectivity index (χ0v) is 16.7. The second kappa shape index (κ2) is 7.18. The summed E-state index contributed by atoms with van der Waals surface area (Å²) in [5, 5.41) is 4.70. The predicted octanol–water partition coefficient (Wildman–Crippen LogP) is 3.86. The number of pyridine rings is 1. The maximum absolute atomic E-state index is 11.9. The van der Waals surface area contributed by atoms with Gasteiger partial charge in [-0.25, -0.2) is 17.7 Å². The van der Waals surface area contributed by atoms with E-state index in [4.69, 9.17) is 9.84 Å². The summed E-state index contributed by atoms with van der Waals surface area (Å²) >= 11 is 0. The van der Waals surface area contributed by atoms with Crippen molar-refractivity contribution in [3.8, 4) is 22.4 Å². The Bertz CT molecular complexity index is 1310. The van der Waals surface area contributed by atoms with Crippen LogP contribution in [-0.2, 0) is 14.6 Å². The number of hydrogen-bond acceptors (Lipinski definition) is 5. The molecule has 0 amide bonds. The molecule has 0 saturated heterocycles. The Kier molecular flexibility index (Phi) is 4.68. The molecule has 29 heavy (non-hydrogen) atoms. The maximum atomic E-state index is 11.9. The van der Waals surface area contributed by atoms with Crippen LogP contribution in [0.25, 0.3) is 27.9 Å². The van der Waals surface area contributed by atoms with Gasteiger partial charge in [-0.05, 0) is 29.8 Å². The molecule has 146 valence electrons. The first kappa shape index (κ1) is 18.9. The zero-order chi connectivity index (χ0) is 20.6. The molecule has 0 fully saturated rings. The zero-order valence-electron chi connectivity index (χ0n) is 15.9. The third-order valence-electron chi connectivity index (χ3n) is 4.67. The van der Waals surface area contributed by atoms with Crippen molar-refractivity contribution in [2.75, 3.05) is 13.4 Å². The van der Waals surface area contributed by atoms with E-state index < -0.39 is 15.8 Å². The first-order valence-electron chi connectivity index (χ1n) is 8.85. The molecule has 0 saturated carbocycles. The number of aromatic nitrogens is 2. The first-order chi connectivity index (χ1) is 13.9. The van der Waals surface area contributed by atoms with E-state index in [1.807, 2.05) is 36.4 Å². The van der Waals surface area contributed by atoms with Gasteiger partial charge in [0.1, 0.15) is 5.69 Å². The number of sulfone groups is 1.